The van der Waals surface area contributed by atoms with Crippen molar-refractivity contribution in [1.82, 2.24) is 10.2 Å². The van der Waals surface area contributed by atoms with Crippen LogP contribution in [0.25, 0.3) is 0 Å². The van der Waals surface area contributed by atoms with Gasteiger partial charge in [-0.15, -0.1) is 0 Å². The summed E-state index contributed by atoms with van der Waals surface area (Å²) in [4.78, 5) is 2.69. The molecule has 1 fully saturated rings. The minimum absolute atomic E-state index is 0.468. The van der Waals surface area contributed by atoms with Crippen molar-refractivity contribution >= 4 is 11.8 Å². The maximum atomic E-state index is 3.39. The lowest BCUT2D eigenvalue weighted by Crippen LogP contribution is -2.48. The molecule has 2 atom stereocenters. The lowest BCUT2D eigenvalue weighted by molar-refractivity contribution is 0.135. The minimum atomic E-state index is 0.468. The maximum Gasteiger partial charge on any atom is 0.0149 e. The Kier molecular flexibility index (Phi) is 6.32. The second kappa shape index (κ2) is 7.01. The molecule has 1 N–H and O–H groups in total. The van der Waals surface area contributed by atoms with Crippen LogP contribution in [-0.2, 0) is 0 Å². The molecule has 3 heteroatoms. The fourth-order valence-electron chi connectivity index (χ4n) is 3.04. The van der Waals surface area contributed by atoms with Gasteiger partial charge in [-0.3, -0.25) is 0 Å². The Balaban J connectivity index is 2.59. The SMILES string of the molecule is CCC(CC)(CNC)CN1CC(C)SC(C)C1. The summed E-state index contributed by atoms with van der Waals surface area (Å²) in [6.45, 7) is 14.3. The van der Waals surface area contributed by atoms with Gasteiger partial charge in [-0.1, -0.05) is 27.7 Å². The number of hydrogen-bond acceptors (Lipinski definition) is 3. The fourth-order valence-corrected chi connectivity index (χ4v) is 4.43. The summed E-state index contributed by atoms with van der Waals surface area (Å²) in [6, 6.07) is 0. The zero-order chi connectivity index (χ0) is 12.9. The van der Waals surface area contributed by atoms with Crippen molar-refractivity contribution < 1.29 is 0 Å². The number of rotatable bonds is 6. The lowest BCUT2D eigenvalue weighted by atomic mass is 9.81. The molecule has 0 radical (unpaired) electrons. The first-order valence-corrected chi connectivity index (χ1v) is 8.02. The summed E-state index contributed by atoms with van der Waals surface area (Å²) in [5.41, 5.74) is 0.468. The third-order valence-electron chi connectivity index (χ3n) is 4.11. The van der Waals surface area contributed by atoms with Gasteiger partial charge in [0.1, 0.15) is 0 Å². The van der Waals surface area contributed by atoms with E-state index in [1.807, 2.05) is 0 Å². The molecule has 2 nitrogen and oxygen atoms in total. The van der Waals surface area contributed by atoms with E-state index >= 15 is 0 Å². The van der Waals surface area contributed by atoms with Crippen molar-refractivity contribution in [1.29, 1.82) is 0 Å². The fraction of sp³-hybridized carbons (Fsp3) is 1.00. The summed E-state index contributed by atoms with van der Waals surface area (Å²) < 4.78 is 0. The zero-order valence-corrected chi connectivity index (χ0v) is 13.1. The molecule has 0 amide bonds. The van der Waals surface area contributed by atoms with Crippen LogP contribution in [0.5, 0.6) is 0 Å². The Morgan fingerprint density at radius 1 is 1.18 bits per heavy atom. The Hall–Kier alpha value is 0.270. The Labute approximate surface area is 112 Å². The molecule has 2 unspecified atom stereocenters. The smallest absolute Gasteiger partial charge is 0.0149 e. The van der Waals surface area contributed by atoms with Crippen LogP contribution < -0.4 is 5.32 Å². The van der Waals surface area contributed by atoms with Crippen LogP contribution in [0.1, 0.15) is 40.5 Å². The Bertz CT molecular complexity index is 206. The number of thioether (sulfide) groups is 1. The number of hydrogen-bond donors (Lipinski definition) is 1. The molecule has 1 rings (SSSR count). The molecular weight excluding hydrogens is 228 g/mol. The summed E-state index contributed by atoms with van der Waals surface area (Å²) in [7, 11) is 2.08. The summed E-state index contributed by atoms with van der Waals surface area (Å²) in [5.74, 6) is 0. The molecule has 0 bridgehead atoms. The van der Waals surface area contributed by atoms with Gasteiger partial charge in [0.15, 0.2) is 0 Å². The minimum Gasteiger partial charge on any atom is -0.319 e. The maximum absolute atomic E-state index is 3.39. The van der Waals surface area contributed by atoms with Crippen LogP contribution in [0.3, 0.4) is 0 Å². The first kappa shape index (κ1) is 15.3. The molecule has 1 aliphatic heterocycles. The normalized spacial score (nSPS) is 27.4. The zero-order valence-electron chi connectivity index (χ0n) is 12.3. The highest BCUT2D eigenvalue weighted by Gasteiger charge is 2.31. The van der Waals surface area contributed by atoms with E-state index < -0.39 is 0 Å². The predicted octanol–water partition coefficient (Wildman–Crippen LogP) is 2.84. The summed E-state index contributed by atoms with van der Waals surface area (Å²) in [6.07, 6.45) is 2.55. The molecular formula is C14H30N2S. The van der Waals surface area contributed by atoms with Crippen molar-refractivity contribution in [3.63, 3.8) is 0 Å². The molecule has 17 heavy (non-hydrogen) atoms. The highest BCUT2D eigenvalue weighted by atomic mass is 32.2. The van der Waals surface area contributed by atoms with Gasteiger partial charge in [0.25, 0.3) is 0 Å². The van der Waals surface area contributed by atoms with E-state index in [9.17, 15) is 0 Å². The molecule has 102 valence electrons. The average molecular weight is 258 g/mol. The summed E-state index contributed by atoms with van der Waals surface area (Å²) >= 11 is 2.14. The largest absolute Gasteiger partial charge is 0.319 e. The van der Waals surface area contributed by atoms with Crippen LogP contribution in [0.2, 0.25) is 0 Å². The van der Waals surface area contributed by atoms with Gasteiger partial charge < -0.3 is 10.2 Å². The van der Waals surface area contributed by atoms with Gasteiger partial charge in [-0.2, -0.15) is 11.8 Å². The van der Waals surface area contributed by atoms with Crippen molar-refractivity contribution in [2.75, 3.05) is 33.2 Å². The van der Waals surface area contributed by atoms with Gasteiger partial charge in [-0.25, -0.2) is 0 Å². The highest BCUT2D eigenvalue weighted by molar-refractivity contribution is 8.00. The molecule has 0 aromatic carbocycles. The third-order valence-corrected chi connectivity index (χ3v) is 5.33. The second-order valence-corrected chi connectivity index (χ2v) is 7.57. The van der Waals surface area contributed by atoms with Crippen molar-refractivity contribution in [2.45, 2.75) is 51.0 Å². The number of nitrogens with one attached hydrogen (secondary N) is 1. The van der Waals surface area contributed by atoms with E-state index in [2.05, 4.69) is 56.7 Å². The van der Waals surface area contributed by atoms with Crippen molar-refractivity contribution in [3.05, 3.63) is 0 Å². The third kappa shape index (κ3) is 4.46. The van der Waals surface area contributed by atoms with Crippen LogP contribution in [0.15, 0.2) is 0 Å². The van der Waals surface area contributed by atoms with Crippen LogP contribution >= 0.6 is 11.8 Å². The van der Waals surface area contributed by atoms with Gasteiger partial charge in [0, 0.05) is 36.7 Å². The second-order valence-electron chi connectivity index (χ2n) is 5.69. The first-order valence-electron chi connectivity index (χ1n) is 7.07. The molecule has 0 spiro atoms. The molecule has 1 aliphatic rings. The Morgan fingerprint density at radius 3 is 2.12 bits per heavy atom. The van der Waals surface area contributed by atoms with Crippen LogP contribution in [0.4, 0.5) is 0 Å². The van der Waals surface area contributed by atoms with Gasteiger partial charge in [0.2, 0.25) is 0 Å². The molecule has 0 aliphatic carbocycles. The topological polar surface area (TPSA) is 15.3 Å². The molecule has 1 saturated heterocycles. The predicted molar refractivity (Wildman–Crippen MR) is 79.9 cm³/mol. The van der Waals surface area contributed by atoms with E-state index in [1.54, 1.807) is 0 Å². The van der Waals surface area contributed by atoms with Gasteiger partial charge >= 0.3 is 0 Å². The van der Waals surface area contributed by atoms with Crippen LogP contribution in [-0.4, -0.2) is 48.6 Å². The molecule has 0 aromatic heterocycles. The quantitative estimate of drug-likeness (QED) is 0.789. The highest BCUT2D eigenvalue weighted by Crippen LogP contribution is 2.31. The molecule has 0 aromatic rings. The van der Waals surface area contributed by atoms with Gasteiger partial charge in [-0.05, 0) is 25.3 Å². The Morgan fingerprint density at radius 2 is 1.71 bits per heavy atom. The van der Waals surface area contributed by atoms with Crippen molar-refractivity contribution in [3.8, 4) is 0 Å². The molecule has 0 saturated carbocycles. The first-order chi connectivity index (χ1) is 8.05. The lowest BCUT2D eigenvalue weighted by Gasteiger charge is -2.42. The van der Waals surface area contributed by atoms with Crippen molar-refractivity contribution in [2.24, 2.45) is 5.41 Å². The van der Waals surface area contributed by atoms with Crippen LogP contribution in [0, 0.1) is 5.41 Å². The van der Waals surface area contributed by atoms with E-state index in [0.717, 1.165) is 17.0 Å². The standard InChI is InChI=1S/C14H30N2S/c1-6-14(7-2,10-15-5)11-16-8-12(3)17-13(4)9-16/h12-13,15H,6-11H2,1-5H3. The summed E-state index contributed by atoms with van der Waals surface area (Å²) in [5, 5.41) is 4.97. The average Bonchev–Trinajstić information content (AvgIpc) is 2.27. The molecule has 1 heterocycles. The van der Waals surface area contributed by atoms with Gasteiger partial charge in [0.05, 0.1) is 0 Å². The van der Waals surface area contributed by atoms with E-state index in [0.29, 0.717) is 5.41 Å². The monoisotopic (exact) mass is 258 g/mol. The van der Waals surface area contributed by atoms with E-state index in [1.165, 1.54) is 32.5 Å². The van der Waals surface area contributed by atoms with E-state index in [4.69, 9.17) is 0 Å². The number of nitrogens with zero attached hydrogens (tertiary/aromatic N) is 1. The van der Waals surface area contributed by atoms with E-state index in [-0.39, 0.29) is 0 Å².